The number of carbonyl (C=O) groups is 2. The molecule has 2 aromatic heterocycles. The number of aryl methyl sites for hydroxylation is 1. The number of aromatic amines is 1. The van der Waals surface area contributed by atoms with Gasteiger partial charge in [0.25, 0.3) is 18.2 Å². The molecule has 2 fully saturated rings. The second-order valence-corrected chi connectivity index (χ2v) is 10.3. The number of rotatable bonds is 8. The number of carbonyl (C=O) groups excluding carboxylic acids is 2. The van der Waals surface area contributed by atoms with Crippen LogP contribution in [0.3, 0.4) is 0 Å². The quantitative estimate of drug-likeness (QED) is 0.410. The largest absolute Gasteiger partial charge is 0.493 e. The van der Waals surface area contributed by atoms with Crippen LogP contribution in [0.1, 0.15) is 61.2 Å². The molecule has 3 atom stereocenters. The number of H-pyrrole nitrogens is 1. The molecule has 5 rings (SSSR count). The Bertz CT molecular complexity index is 1370. The van der Waals surface area contributed by atoms with Crippen LogP contribution in [0.2, 0.25) is 0 Å². The van der Waals surface area contributed by atoms with Gasteiger partial charge in [-0.25, -0.2) is 18.7 Å². The molecular formula is C27H31F2N5O4. The fourth-order valence-corrected chi connectivity index (χ4v) is 5.03. The van der Waals surface area contributed by atoms with Crippen LogP contribution in [0.15, 0.2) is 24.5 Å². The minimum atomic E-state index is -2.66. The number of alkyl halides is 2. The summed E-state index contributed by atoms with van der Waals surface area (Å²) in [5.74, 6) is 0.174. The molecule has 9 nitrogen and oxygen atoms in total. The molecule has 1 aliphatic heterocycles. The molecule has 0 spiro atoms. The maximum Gasteiger partial charge on any atom is 0.263 e. The van der Waals surface area contributed by atoms with Gasteiger partial charge in [-0.05, 0) is 64.2 Å². The van der Waals surface area contributed by atoms with E-state index >= 15 is 0 Å². The van der Waals surface area contributed by atoms with Crippen LogP contribution in [0, 0.1) is 12.8 Å². The number of benzene rings is 1. The number of nitrogens with one attached hydrogen (secondary N) is 2. The van der Waals surface area contributed by atoms with E-state index in [1.165, 1.54) is 31.5 Å². The van der Waals surface area contributed by atoms with E-state index in [1.54, 1.807) is 11.8 Å². The van der Waals surface area contributed by atoms with E-state index in [9.17, 15) is 23.5 Å². The predicted molar refractivity (Wildman–Crippen MR) is 136 cm³/mol. The van der Waals surface area contributed by atoms with Gasteiger partial charge in [0.1, 0.15) is 29.4 Å². The molecule has 11 heteroatoms. The van der Waals surface area contributed by atoms with E-state index in [2.05, 4.69) is 20.3 Å². The Hall–Kier alpha value is -3.60. The zero-order valence-corrected chi connectivity index (χ0v) is 21.5. The highest BCUT2D eigenvalue weighted by molar-refractivity contribution is 6.09. The zero-order valence-electron chi connectivity index (χ0n) is 21.5. The Labute approximate surface area is 218 Å². The summed E-state index contributed by atoms with van der Waals surface area (Å²) in [6, 6.07) is 3.84. The number of ether oxygens (including phenoxy) is 1. The number of likely N-dealkylation sites (tertiary alicyclic amines) is 1. The van der Waals surface area contributed by atoms with Crippen LogP contribution < -0.4 is 10.1 Å². The molecule has 202 valence electrons. The molecule has 38 heavy (non-hydrogen) atoms. The Morgan fingerprint density at radius 1 is 1.29 bits per heavy atom. The van der Waals surface area contributed by atoms with Crippen LogP contribution in [0.5, 0.6) is 5.75 Å². The first-order valence-electron chi connectivity index (χ1n) is 12.8. The molecule has 3 N–H and O–H groups in total. The predicted octanol–water partition coefficient (Wildman–Crippen LogP) is 3.76. The first kappa shape index (κ1) is 26.0. The highest BCUT2D eigenvalue weighted by Gasteiger charge is 2.35. The summed E-state index contributed by atoms with van der Waals surface area (Å²) in [6.45, 7) is 5.83. The van der Waals surface area contributed by atoms with Crippen molar-refractivity contribution in [3.8, 4) is 17.0 Å². The molecule has 1 aliphatic carbocycles. The van der Waals surface area contributed by atoms with Gasteiger partial charge in [0.05, 0.1) is 17.7 Å². The number of hydrogen-bond donors (Lipinski definition) is 3. The van der Waals surface area contributed by atoms with Crippen LogP contribution in [-0.4, -0.2) is 68.1 Å². The normalized spacial score (nSPS) is 20.2. The lowest BCUT2D eigenvalue weighted by Crippen LogP contribution is -2.42. The van der Waals surface area contributed by atoms with Crippen molar-refractivity contribution in [3.63, 3.8) is 0 Å². The molecule has 0 unspecified atom stereocenters. The lowest BCUT2D eigenvalue weighted by molar-refractivity contribution is -0.139. The van der Waals surface area contributed by atoms with Crippen molar-refractivity contribution < 1.29 is 28.2 Å². The number of hydrogen-bond acceptors (Lipinski definition) is 6. The van der Waals surface area contributed by atoms with Crippen LogP contribution in [0.4, 0.5) is 8.78 Å². The van der Waals surface area contributed by atoms with Crippen LogP contribution in [0.25, 0.3) is 22.3 Å². The molecule has 3 heterocycles. The molecular weight excluding hydrogens is 496 g/mol. The van der Waals surface area contributed by atoms with Crippen molar-refractivity contribution in [2.45, 2.75) is 64.6 Å². The summed E-state index contributed by atoms with van der Waals surface area (Å²) in [4.78, 5) is 39.1. The minimum absolute atomic E-state index is 0.128. The number of nitrogens with zero attached hydrogens (tertiary/aromatic N) is 3. The first-order valence-corrected chi connectivity index (χ1v) is 12.8. The smallest absolute Gasteiger partial charge is 0.263 e. The van der Waals surface area contributed by atoms with Gasteiger partial charge in [0.2, 0.25) is 0 Å². The Kier molecular flexibility index (Phi) is 7.04. The number of aliphatic hydroxyl groups excluding tert-OH is 1. The average molecular weight is 528 g/mol. The summed E-state index contributed by atoms with van der Waals surface area (Å²) < 4.78 is 33.1. The van der Waals surface area contributed by atoms with Crippen molar-refractivity contribution in [2.24, 2.45) is 5.92 Å². The Morgan fingerprint density at radius 2 is 2.05 bits per heavy atom. The molecule has 0 bridgehead atoms. The summed E-state index contributed by atoms with van der Waals surface area (Å²) in [5.41, 5.74) is 2.30. The van der Waals surface area contributed by atoms with E-state index in [-0.39, 0.29) is 29.5 Å². The second kappa shape index (κ2) is 10.3. The van der Waals surface area contributed by atoms with Gasteiger partial charge in [0, 0.05) is 35.4 Å². The fraction of sp³-hybridized carbons (Fsp3) is 0.481. The van der Waals surface area contributed by atoms with Crippen molar-refractivity contribution in [3.05, 3.63) is 41.3 Å². The minimum Gasteiger partial charge on any atom is -0.493 e. The maximum absolute atomic E-state index is 13.6. The summed E-state index contributed by atoms with van der Waals surface area (Å²) >= 11 is 0. The third-order valence-electron chi connectivity index (χ3n) is 7.23. The van der Waals surface area contributed by atoms with Crippen LogP contribution >= 0.6 is 0 Å². The van der Waals surface area contributed by atoms with Gasteiger partial charge >= 0.3 is 0 Å². The summed E-state index contributed by atoms with van der Waals surface area (Å²) in [7, 11) is 0. The first-order chi connectivity index (χ1) is 18.1. The highest BCUT2D eigenvalue weighted by Crippen LogP contribution is 2.38. The Morgan fingerprint density at radius 3 is 2.74 bits per heavy atom. The number of halogens is 2. The average Bonchev–Trinajstić information content (AvgIpc) is 3.54. The molecule has 1 aromatic carbocycles. The number of aromatic nitrogens is 3. The number of aliphatic hydroxyl groups is 1. The summed E-state index contributed by atoms with van der Waals surface area (Å²) in [6.07, 6.45) is 0.252. The lowest BCUT2D eigenvalue weighted by atomic mass is 10.0. The molecule has 2 aliphatic rings. The van der Waals surface area contributed by atoms with Crippen molar-refractivity contribution >= 4 is 22.8 Å². The topological polar surface area (TPSA) is 120 Å². The summed E-state index contributed by atoms with van der Waals surface area (Å²) in [5, 5.41) is 12.7. The number of fused-ring (bicyclic) bond motifs is 1. The van der Waals surface area contributed by atoms with Crippen molar-refractivity contribution in [2.75, 3.05) is 13.2 Å². The van der Waals surface area contributed by atoms with Gasteiger partial charge < -0.3 is 25.0 Å². The molecule has 2 amide bonds. The zero-order chi connectivity index (χ0) is 27.1. The molecule has 1 saturated carbocycles. The lowest BCUT2D eigenvalue weighted by Gasteiger charge is -2.22. The van der Waals surface area contributed by atoms with Crippen molar-refractivity contribution in [1.29, 1.82) is 0 Å². The van der Waals surface area contributed by atoms with Gasteiger partial charge in [-0.2, -0.15) is 0 Å². The van der Waals surface area contributed by atoms with Gasteiger partial charge in [0.15, 0.2) is 0 Å². The highest BCUT2D eigenvalue weighted by atomic mass is 19.3. The molecule has 1 saturated heterocycles. The van der Waals surface area contributed by atoms with Gasteiger partial charge in [-0.15, -0.1) is 0 Å². The number of amides is 2. The van der Waals surface area contributed by atoms with E-state index in [4.69, 9.17) is 4.74 Å². The monoisotopic (exact) mass is 527 g/mol. The second-order valence-electron chi connectivity index (χ2n) is 10.3. The van der Waals surface area contributed by atoms with Gasteiger partial charge in [-0.3, -0.25) is 9.59 Å². The fourth-order valence-electron chi connectivity index (χ4n) is 5.03. The van der Waals surface area contributed by atoms with E-state index in [0.29, 0.717) is 64.8 Å². The standard InChI is InChI=1S/C27H31F2N5O4/c1-13-8-18(10-34(13)27(37)15(3)35)33-26(36)21-14(2)32-24-22(30-12-31-23(21)24)19-9-17(25(28)29)6-7-20(19)38-11-16-4-5-16/h6-7,9,12-13,15-16,18,25,32,35H,4-5,8,10-11H2,1-3H3,(H,33,36)/t13-,15-,18-/m0/s1. The third kappa shape index (κ3) is 5.07. The third-order valence-corrected chi connectivity index (χ3v) is 7.23. The Balaban J connectivity index is 1.46. The van der Waals surface area contributed by atoms with E-state index < -0.39 is 12.5 Å². The van der Waals surface area contributed by atoms with Crippen molar-refractivity contribution in [1.82, 2.24) is 25.2 Å². The molecule has 0 radical (unpaired) electrons. The van der Waals surface area contributed by atoms with Gasteiger partial charge in [-0.1, -0.05) is 0 Å². The molecule has 3 aromatic rings. The maximum atomic E-state index is 13.6. The van der Waals surface area contributed by atoms with E-state index in [0.717, 1.165) is 12.8 Å². The van der Waals surface area contributed by atoms with E-state index in [1.807, 2.05) is 6.92 Å². The van der Waals surface area contributed by atoms with Crippen LogP contribution in [-0.2, 0) is 4.79 Å². The SMILES string of the molecule is Cc1[nH]c2c(-c3cc(C(F)F)ccc3OCC3CC3)ncnc2c1C(=O)N[C@H]1C[C@H](C)N(C(=O)[C@H](C)O)C1.